The third-order valence-corrected chi connectivity index (χ3v) is 12.5. The molecule has 4 heterocycles. The Bertz CT molecular complexity index is 3390. The van der Waals surface area contributed by atoms with Gasteiger partial charge in [-0.2, -0.15) is 0 Å². The first-order valence-electron chi connectivity index (χ1n) is 19.2. The fraction of sp³-hybridized carbons (Fsp3) is 0.0196. The highest BCUT2D eigenvalue weighted by molar-refractivity contribution is 7.26. The molecule has 1 unspecified atom stereocenters. The topological polar surface area (TPSA) is 54.8 Å². The summed E-state index contributed by atoms with van der Waals surface area (Å²) in [5.41, 5.74) is 10.5. The summed E-state index contributed by atoms with van der Waals surface area (Å²) in [7, 11) is 0. The molecule has 0 spiro atoms. The third-order valence-electron chi connectivity index (χ3n) is 11.3. The average Bonchev–Trinajstić information content (AvgIpc) is 3.96. The Labute approximate surface area is 331 Å². The van der Waals surface area contributed by atoms with Crippen molar-refractivity contribution in [2.75, 3.05) is 0 Å². The van der Waals surface area contributed by atoms with Crippen LogP contribution in [-0.2, 0) is 0 Å². The molecule has 3 aromatic heterocycles. The molecule has 5 nitrogen and oxygen atoms in total. The Morgan fingerprint density at radius 3 is 2.00 bits per heavy atom. The van der Waals surface area contributed by atoms with Crippen molar-refractivity contribution < 1.29 is 4.42 Å². The van der Waals surface area contributed by atoms with Gasteiger partial charge in [-0.25, -0.2) is 9.98 Å². The Morgan fingerprint density at radius 2 is 1.21 bits per heavy atom. The van der Waals surface area contributed by atoms with Gasteiger partial charge in [-0.05, 0) is 65.2 Å². The molecule has 0 amide bonds. The molecule has 8 aromatic carbocycles. The number of thiophene rings is 1. The minimum atomic E-state index is -0.292. The molecule has 1 aliphatic heterocycles. The van der Waals surface area contributed by atoms with Crippen LogP contribution < -0.4 is 5.32 Å². The number of nitrogens with one attached hydrogen (secondary N) is 1. The van der Waals surface area contributed by atoms with Gasteiger partial charge in [-0.3, -0.25) is 0 Å². The van der Waals surface area contributed by atoms with Crippen LogP contribution in [-0.4, -0.2) is 16.2 Å². The van der Waals surface area contributed by atoms with E-state index in [2.05, 4.69) is 155 Å². The Hall–Kier alpha value is -7.28. The van der Waals surface area contributed by atoms with Crippen LogP contribution in [0.2, 0.25) is 0 Å². The fourth-order valence-electron chi connectivity index (χ4n) is 8.61. The normalized spacial score (nSPS) is 14.5. The van der Waals surface area contributed by atoms with Crippen LogP contribution in [0, 0.1) is 0 Å². The predicted molar refractivity (Wildman–Crippen MR) is 238 cm³/mol. The van der Waals surface area contributed by atoms with E-state index in [4.69, 9.17) is 14.4 Å². The Kier molecular flexibility index (Phi) is 7.09. The van der Waals surface area contributed by atoms with Crippen molar-refractivity contribution in [1.82, 2.24) is 9.88 Å². The summed E-state index contributed by atoms with van der Waals surface area (Å²) in [5.74, 6) is 1.42. The van der Waals surface area contributed by atoms with Crippen LogP contribution in [0.25, 0.3) is 80.7 Å². The number of fused-ring (bicyclic) bond motifs is 9. The molecule has 0 fully saturated rings. The molecular formula is C51H32N4OS. The molecule has 0 saturated heterocycles. The molecule has 0 bridgehead atoms. The summed E-state index contributed by atoms with van der Waals surface area (Å²) in [6.45, 7) is 0. The molecule has 268 valence electrons. The number of hydrogen-bond acceptors (Lipinski definition) is 5. The summed E-state index contributed by atoms with van der Waals surface area (Å²) < 4.78 is 11.7. The van der Waals surface area contributed by atoms with Gasteiger partial charge in [0.1, 0.15) is 23.2 Å². The van der Waals surface area contributed by atoms with Crippen LogP contribution in [0.5, 0.6) is 0 Å². The number of amidine groups is 2. The van der Waals surface area contributed by atoms with Crippen LogP contribution in [0.3, 0.4) is 0 Å². The smallest absolute Gasteiger partial charge is 0.163 e. The summed E-state index contributed by atoms with van der Waals surface area (Å²) >= 11 is 1.85. The zero-order valence-corrected chi connectivity index (χ0v) is 31.4. The molecule has 6 heteroatoms. The van der Waals surface area contributed by atoms with Crippen LogP contribution >= 0.6 is 11.3 Å². The third kappa shape index (κ3) is 5.08. The SMILES string of the molecule is c1ccc(C2=NC(c3cccc4c3oc3cc(-c5cccc6c5sc5ccc(-n7c8ccccc8c8ccccc87)cc56)ccc34)=NC(c3ccccc3)N2)cc1. The van der Waals surface area contributed by atoms with Gasteiger partial charge < -0.3 is 14.3 Å². The van der Waals surface area contributed by atoms with Crippen molar-refractivity contribution in [2.24, 2.45) is 9.98 Å². The molecule has 11 aromatic rings. The van der Waals surface area contributed by atoms with E-state index in [9.17, 15) is 0 Å². The number of aromatic nitrogens is 1. The molecule has 12 rings (SSSR count). The number of para-hydroxylation sites is 3. The van der Waals surface area contributed by atoms with Crippen LogP contribution in [0.4, 0.5) is 0 Å². The molecular weight excluding hydrogens is 717 g/mol. The second-order valence-corrected chi connectivity index (χ2v) is 15.6. The summed E-state index contributed by atoms with van der Waals surface area (Å²) in [6, 6.07) is 64.4. The molecule has 0 aliphatic carbocycles. The zero-order chi connectivity index (χ0) is 37.5. The number of nitrogens with zero attached hydrogens (tertiary/aromatic N) is 3. The number of aliphatic imine (C=N–C) groups is 2. The van der Waals surface area contributed by atoms with Gasteiger partial charge in [0.25, 0.3) is 0 Å². The second-order valence-electron chi connectivity index (χ2n) is 14.6. The Balaban J connectivity index is 0.977. The van der Waals surface area contributed by atoms with E-state index in [1.54, 1.807) is 0 Å². The lowest BCUT2D eigenvalue weighted by Gasteiger charge is -2.23. The maximum absolute atomic E-state index is 6.81. The second kappa shape index (κ2) is 12.6. The molecule has 0 radical (unpaired) electrons. The summed E-state index contributed by atoms with van der Waals surface area (Å²) in [4.78, 5) is 10.2. The molecule has 1 aliphatic rings. The van der Waals surface area contributed by atoms with E-state index in [0.29, 0.717) is 5.84 Å². The highest BCUT2D eigenvalue weighted by atomic mass is 32.1. The van der Waals surface area contributed by atoms with E-state index in [1.807, 2.05) is 47.7 Å². The molecule has 1 atom stereocenters. The lowest BCUT2D eigenvalue weighted by molar-refractivity contribution is 0.663. The molecule has 0 saturated carbocycles. The van der Waals surface area contributed by atoms with Gasteiger partial charge in [0, 0.05) is 53.0 Å². The number of rotatable bonds is 5. The minimum absolute atomic E-state index is 0.292. The van der Waals surface area contributed by atoms with Crippen molar-refractivity contribution >= 4 is 86.9 Å². The largest absolute Gasteiger partial charge is 0.455 e. The maximum Gasteiger partial charge on any atom is 0.163 e. The van der Waals surface area contributed by atoms with E-state index >= 15 is 0 Å². The maximum atomic E-state index is 6.81. The number of benzene rings is 8. The van der Waals surface area contributed by atoms with Gasteiger partial charge in [0.15, 0.2) is 5.84 Å². The van der Waals surface area contributed by atoms with Crippen molar-refractivity contribution in [2.45, 2.75) is 6.17 Å². The number of furan rings is 1. The van der Waals surface area contributed by atoms with E-state index in [1.165, 1.54) is 47.5 Å². The van der Waals surface area contributed by atoms with Gasteiger partial charge in [0.05, 0.1) is 16.6 Å². The molecule has 1 N–H and O–H groups in total. The van der Waals surface area contributed by atoms with Gasteiger partial charge in [-0.1, -0.05) is 133 Å². The fourth-order valence-corrected chi connectivity index (χ4v) is 9.83. The minimum Gasteiger partial charge on any atom is -0.455 e. The first-order chi connectivity index (χ1) is 28.2. The van der Waals surface area contributed by atoms with E-state index in [-0.39, 0.29) is 6.17 Å². The van der Waals surface area contributed by atoms with Gasteiger partial charge in [0.2, 0.25) is 0 Å². The van der Waals surface area contributed by atoms with Crippen LogP contribution in [0.1, 0.15) is 22.9 Å². The van der Waals surface area contributed by atoms with Gasteiger partial charge in [-0.15, -0.1) is 11.3 Å². The quantitative estimate of drug-likeness (QED) is 0.191. The van der Waals surface area contributed by atoms with Crippen molar-refractivity contribution in [3.05, 3.63) is 199 Å². The zero-order valence-electron chi connectivity index (χ0n) is 30.6. The molecule has 57 heavy (non-hydrogen) atoms. The first kappa shape index (κ1) is 32.0. The number of hydrogen-bond donors (Lipinski definition) is 1. The lowest BCUT2D eigenvalue weighted by atomic mass is 10.0. The van der Waals surface area contributed by atoms with E-state index < -0.39 is 0 Å². The highest BCUT2D eigenvalue weighted by Gasteiger charge is 2.24. The van der Waals surface area contributed by atoms with Crippen LogP contribution in [0.15, 0.2) is 196 Å². The highest BCUT2D eigenvalue weighted by Crippen LogP contribution is 2.43. The van der Waals surface area contributed by atoms with Crippen molar-refractivity contribution in [1.29, 1.82) is 0 Å². The lowest BCUT2D eigenvalue weighted by Crippen LogP contribution is -2.33. The monoisotopic (exact) mass is 748 g/mol. The predicted octanol–water partition coefficient (Wildman–Crippen LogP) is 13.2. The van der Waals surface area contributed by atoms with Gasteiger partial charge >= 0.3 is 0 Å². The Morgan fingerprint density at radius 1 is 0.526 bits per heavy atom. The van der Waals surface area contributed by atoms with Crippen molar-refractivity contribution in [3.8, 4) is 16.8 Å². The average molecular weight is 749 g/mol. The first-order valence-corrected chi connectivity index (χ1v) is 20.0. The van der Waals surface area contributed by atoms with Crippen molar-refractivity contribution in [3.63, 3.8) is 0 Å². The summed E-state index contributed by atoms with van der Waals surface area (Å²) in [6.07, 6.45) is -0.292. The standard InChI is InChI=1S/C51H32N4OS/c1-3-13-31(14-4-1)49-52-50(32-15-5-2-6-16-32)54-51(53-49)41-22-12-20-39-38-27-25-33(29-45(38)56-47(39)41)35-19-11-21-40-42-30-34(26-28-46(42)57-48(35)40)55-43-23-9-7-17-36(43)37-18-8-10-24-44(37)55/h1-30,49H,(H,52,53,54). The summed E-state index contributed by atoms with van der Waals surface area (Å²) in [5, 5.41) is 10.7. The van der Waals surface area contributed by atoms with E-state index in [0.717, 1.165) is 55.7 Å².